The Labute approximate surface area is 168 Å². The van der Waals surface area contributed by atoms with Crippen LogP contribution in [-0.2, 0) is 31.2 Å². The summed E-state index contributed by atoms with van der Waals surface area (Å²) in [4.78, 5) is 29.6. The van der Waals surface area contributed by atoms with E-state index in [2.05, 4.69) is 43.5 Å². The molecule has 140 valence electrons. The fraction of sp³-hybridized carbons (Fsp3) is 0.200. The van der Waals surface area contributed by atoms with Crippen LogP contribution in [0.3, 0.4) is 0 Å². The van der Waals surface area contributed by atoms with Crippen LogP contribution in [0.5, 0.6) is 0 Å². The normalized spacial score (nSPS) is 12.8. The van der Waals surface area contributed by atoms with Gasteiger partial charge in [0.1, 0.15) is 22.9 Å². The van der Waals surface area contributed by atoms with Gasteiger partial charge < -0.3 is 5.32 Å². The molecule has 0 atom stereocenters. The van der Waals surface area contributed by atoms with E-state index in [-0.39, 0.29) is 18.0 Å². The van der Waals surface area contributed by atoms with Gasteiger partial charge in [0.25, 0.3) is 5.56 Å². The third-order valence-electron chi connectivity index (χ3n) is 5.23. The van der Waals surface area contributed by atoms with E-state index in [9.17, 15) is 9.59 Å². The molecule has 0 fully saturated rings. The molecular formula is C20H16BrN5O2. The van der Waals surface area contributed by atoms with Crippen LogP contribution in [0, 0.1) is 0 Å². The number of carbonyl (C=O) groups is 1. The van der Waals surface area contributed by atoms with E-state index < -0.39 is 0 Å². The van der Waals surface area contributed by atoms with Gasteiger partial charge in [0.2, 0.25) is 5.91 Å². The van der Waals surface area contributed by atoms with Crippen LogP contribution >= 0.6 is 15.9 Å². The average Bonchev–Trinajstić information content (AvgIpc) is 3.22. The Morgan fingerprint density at radius 2 is 1.96 bits per heavy atom. The van der Waals surface area contributed by atoms with Crippen molar-refractivity contribution >= 4 is 49.3 Å². The number of nitrogens with one attached hydrogen (secondary N) is 1. The first-order valence-corrected chi connectivity index (χ1v) is 9.73. The quantitative estimate of drug-likeness (QED) is 0.534. The molecule has 2 heterocycles. The van der Waals surface area contributed by atoms with Crippen molar-refractivity contribution in [2.45, 2.75) is 19.4 Å². The molecule has 0 saturated heterocycles. The van der Waals surface area contributed by atoms with Crippen molar-refractivity contribution in [2.24, 2.45) is 7.05 Å². The number of hydrogen-bond donors (Lipinski definition) is 1. The van der Waals surface area contributed by atoms with Crippen LogP contribution in [0.4, 0.5) is 5.69 Å². The summed E-state index contributed by atoms with van der Waals surface area (Å²) in [5.74, 6) is -0.276. The number of carbonyl (C=O) groups excluding carboxylic acids is 1. The summed E-state index contributed by atoms with van der Waals surface area (Å²) in [6.45, 7) is -0.119. The molecule has 1 aliphatic carbocycles. The zero-order valence-electron chi connectivity index (χ0n) is 15.1. The molecule has 0 spiro atoms. The summed E-state index contributed by atoms with van der Waals surface area (Å²) in [6.07, 6.45) is 3.45. The Balaban J connectivity index is 1.47. The highest BCUT2D eigenvalue weighted by molar-refractivity contribution is 9.10. The Morgan fingerprint density at radius 3 is 2.79 bits per heavy atom. The molecule has 7 nitrogen and oxygen atoms in total. The number of anilines is 1. The zero-order valence-corrected chi connectivity index (χ0v) is 16.7. The van der Waals surface area contributed by atoms with E-state index in [0.717, 1.165) is 23.9 Å². The van der Waals surface area contributed by atoms with Crippen molar-refractivity contribution in [3.8, 4) is 0 Å². The molecule has 0 saturated carbocycles. The minimum Gasteiger partial charge on any atom is -0.324 e. The molecule has 2 aromatic heterocycles. The molecule has 5 rings (SSSR count). The monoisotopic (exact) mass is 437 g/mol. The highest BCUT2D eigenvalue weighted by Gasteiger charge is 2.18. The van der Waals surface area contributed by atoms with Crippen LogP contribution in [-0.4, -0.2) is 25.2 Å². The second-order valence-electron chi connectivity index (χ2n) is 6.95. The maximum absolute atomic E-state index is 12.7. The number of fused-ring (bicyclic) bond motifs is 1. The van der Waals surface area contributed by atoms with Gasteiger partial charge in [0.15, 0.2) is 5.65 Å². The molecule has 0 aliphatic heterocycles. The Hall–Kier alpha value is -3.00. The molecule has 0 bridgehead atoms. The zero-order chi connectivity index (χ0) is 19.4. The lowest BCUT2D eigenvalue weighted by Crippen LogP contribution is -2.28. The predicted octanol–water partition coefficient (Wildman–Crippen LogP) is 2.78. The number of hydrogen-bond acceptors (Lipinski definition) is 4. The van der Waals surface area contributed by atoms with Crippen molar-refractivity contribution in [3.05, 3.63) is 62.7 Å². The number of halogens is 1. The third-order valence-corrected chi connectivity index (χ3v) is 5.79. The largest absolute Gasteiger partial charge is 0.324 e. The van der Waals surface area contributed by atoms with Crippen molar-refractivity contribution in [1.82, 2.24) is 19.3 Å². The molecular weight excluding hydrogens is 422 g/mol. The van der Waals surface area contributed by atoms with Gasteiger partial charge >= 0.3 is 0 Å². The van der Waals surface area contributed by atoms with E-state index in [1.807, 2.05) is 18.2 Å². The minimum atomic E-state index is -0.305. The standard InChI is InChI=1S/C20H16BrN5O2/c1-25-19-17(18(21)24-25)20(28)26(10-22-19)9-15(27)23-14-8-7-12-6-5-11-3-2-4-13(14)16(11)12/h2-4,7-8,10H,5-6,9H2,1H3,(H,23,27). The molecule has 4 aromatic rings. The van der Waals surface area contributed by atoms with Crippen molar-refractivity contribution in [3.63, 3.8) is 0 Å². The predicted molar refractivity (Wildman–Crippen MR) is 110 cm³/mol. The van der Waals surface area contributed by atoms with Crippen molar-refractivity contribution < 1.29 is 4.79 Å². The van der Waals surface area contributed by atoms with Crippen LogP contribution in [0.2, 0.25) is 0 Å². The molecule has 1 aliphatic rings. The minimum absolute atomic E-state index is 0.119. The average molecular weight is 438 g/mol. The lowest BCUT2D eigenvalue weighted by atomic mass is 10.0. The van der Waals surface area contributed by atoms with Crippen LogP contribution in [0.15, 0.2) is 46.1 Å². The Bertz CT molecular complexity index is 1330. The Kier molecular flexibility index (Phi) is 3.83. The Morgan fingerprint density at radius 1 is 1.18 bits per heavy atom. The van der Waals surface area contributed by atoms with E-state index in [0.29, 0.717) is 15.6 Å². The molecule has 1 amide bonds. The lowest BCUT2D eigenvalue weighted by molar-refractivity contribution is -0.116. The number of aromatic nitrogens is 4. The van der Waals surface area contributed by atoms with Crippen molar-refractivity contribution in [1.29, 1.82) is 0 Å². The summed E-state index contributed by atoms with van der Waals surface area (Å²) in [5.41, 5.74) is 3.56. The van der Waals surface area contributed by atoms with E-state index in [1.165, 1.54) is 32.1 Å². The third kappa shape index (κ3) is 2.56. The molecule has 28 heavy (non-hydrogen) atoms. The van der Waals surface area contributed by atoms with Crippen LogP contribution in [0.25, 0.3) is 21.8 Å². The number of benzene rings is 2. The van der Waals surface area contributed by atoms with Gasteiger partial charge in [-0.05, 0) is 51.4 Å². The van der Waals surface area contributed by atoms with Gasteiger partial charge in [0, 0.05) is 18.1 Å². The van der Waals surface area contributed by atoms with Gasteiger partial charge in [-0.3, -0.25) is 14.2 Å². The molecule has 8 heteroatoms. The first kappa shape index (κ1) is 17.1. The van der Waals surface area contributed by atoms with E-state index >= 15 is 0 Å². The number of rotatable bonds is 3. The summed E-state index contributed by atoms with van der Waals surface area (Å²) in [7, 11) is 1.71. The van der Waals surface area contributed by atoms with Gasteiger partial charge in [-0.1, -0.05) is 24.3 Å². The first-order valence-electron chi connectivity index (χ1n) is 8.94. The molecule has 0 unspecified atom stereocenters. The molecule has 2 aromatic carbocycles. The summed E-state index contributed by atoms with van der Waals surface area (Å²) in [6, 6.07) is 10.2. The number of amides is 1. The van der Waals surface area contributed by atoms with Gasteiger partial charge in [-0.25, -0.2) is 9.67 Å². The van der Waals surface area contributed by atoms with Gasteiger partial charge in [-0.2, -0.15) is 5.10 Å². The highest BCUT2D eigenvalue weighted by Crippen LogP contribution is 2.34. The maximum atomic E-state index is 12.7. The topological polar surface area (TPSA) is 81.8 Å². The number of nitrogens with zero attached hydrogens (tertiary/aromatic N) is 4. The van der Waals surface area contributed by atoms with Gasteiger partial charge in [0.05, 0.1) is 0 Å². The fourth-order valence-corrected chi connectivity index (χ4v) is 4.53. The smallest absolute Gasteiger partial charge is 0.266 e. The van der Waals surface area contributed by atoms with E-state index in [4.69, 9.17) is 0 Å². The summed E-state index contributed by atoms with van der Waals surface area (Å²) in [5, 5.41) is 9.74. The highest BCUT2D eigenvalue weighted by atomic mass is 79.9. The first-order chi connectivity index (χ1) is 13.5. The lowest BCUT2D eigenvalue weighted by Gasteiger charge is -2.11. The fourth-order valence-electron chi connectivity index (χ4n) is 3.95. The maximum Gasteiger partial charge on any atom is 0.266 e. The van der Waals surface area contributed by atoms with Gasteiger partial charge in [-0.15, -0.1) is 0 Å². The second kappa shape index (κ2) is 6.27. The molecule has 1 N–H and O–H groups in total. The van der Waals surface area contributed by atoms with Crippen molar-refractivity contribution in [2.75, 3.05) is 5.32 Å². The molecule has 0 radical (unpaired) electrons. The summed E-state index contributed by atoms with van der Waals surface area (Å²) < 4.78 is 3.24. The number of aryl methyl sites for hydroxylation is 3. The SMILES string of the molecule is Cn1nc(Br)c2c(=O)n(CC(=O)Nc3ccc4c5c(cccc35)CC4)cnc21. The summed E-state index contributed by atoms with van der Waals surface area (Å²) >= 11 is 3.28. The van der Waals surface area contributed by atoms with Crippen LogP contribution in [0.1, 0.15) is 11.1 Å². The van der Waals surface area contributed by atoms with E-state index in [1.54, 1.807) is 7.05 Å². The second-order valence-corrected chi connectivity index (χ2v) is 7.70. The van der Waals surface area contributed by atoms with Crippen LogP contribution < -0.4 is 10.9 Å².